The second kappa shape index (κ2) is 5.71. The highest BCUT2D eigenvalue weighted by molar-refractivity contribution is 7.09. The Morgan fingerprint density at radius 1 is 1.53 bits per heavy atom. The third kappa shape index (κ3) is 3.03. The first-order valence-electron chi connectivity index (χ1n) is 5.73. The van der Waals surface area contributed by atoms with Gasteiger partial charge in [-0.2, -0.15) is 0 Å². The van der Waals surface area contributed by atoms with Gasteiger partial charge < -0.3 is 15.6 Å². The minimum atomic E-state index is -1.05. The van der Waals surface area contributed by atoms with Crippen molar-refractivity contribution in [1.29, 1.82) is 0 Å². The number of hydrogen-bond acceptors (Lipinski definition) is 5. The third-order valence-electron chi connectivity index (χ3n) is 2.70. The molecule has 5 nitrogen and oxygen atoms in total. The molecule has 0 aliphatic heterocycles. The predicted octanol–water partition coefficient (Wildman–Crippen LogP) is 2.35. The molecular formula is C13H14N2O3S. The van der Waals surface area contributed by atoms with Gasteiger partial charge in [0.1, 0.15) is 5.56 Å². The molecule has 0 aliphatic rings. The van der Waals surface area contributed by atoms with Gasteiger partial charge in [0.25, 0.3) is 0 Å². The smallest absolute Gasteiger partial charge is 0.339 e. The second-order valence-electron chi connectivity index (χ2n) is 3.99. The molecule has 1 heterocycles. The molecule has 0 radical (unpaired) electrons. The van der Waals surface area contributed by atoms with Crippen LogP contribution in [0.2, 0.25) is 0 Å². The number of rotatable bonds is 5. The van der Waals surface area contributed by atoms with Crippen molar-refractivity contribution < 1.29 is 14.6 Å². The van der Waals surface area contributed by atoms with Crippen LogP contribution in [0.25, 0.3) is 0 Å². The van der Waals surface area contributed by atoms with Crippen LogP contribution in [-0.2, 0) is 6.42 Å². The summed E-state index contributed by atoms with van der Waals surface area (Å²) in [6, 6.07) is 4.70. The van der Waals surface area contributed by atoms with Crippen LogP contribution in [-0.4, -0.2) is 22.7 Å². The minimum Gasteiger partial charge on any atom is -0.490 e. The predicted molar refractivity (Wildman–Crippen MR) is 73.9 cm³/mol. The van der Waals surface area contributed by atoms with Crippen LogP contribution in [0.15, 0.2) is 23.7 Å². The molecule has 3 N–H and O–H groups in total. The van der Waals surface area contributed by atoms with Crippen molar-refractivity contribution in [1.82, 2.24) is 4.98 Å². The molecule has 1 aromatic carbocycles. The van der Waals surface area contributed by atoms with Crippen molar-refractivity contribution in [3.05, 3.63) is 39.8 Å². The lowest BCUT2D eigenvalue weighted by atomic mass is 10.2. The number of thiazole rings is 1. The van der Waals surface area contributed by atoms with Crippen molar-refractivity contribution in [2.24, 2.45) is 0 Å². The zero-order valence-electron chi connectivity index (χ0n) is 10.4. The van der Waals surface area contributed by atoms with E-state index in [1.165, 1.54) is 6.07 Å². The Morgan fingerprint density at radius 2 is 2.32 bits per heavy atom. The zero-order chi connectivity index (χ0) is 13.8. The fourth-order valence-corrected chi connectivity index (χ4v) is 2.46. The number of aromatic nitrogens is 1. The van der Waals surface area contributed by atoms with E-state index in [1.807, 2.05) is 6.92 Å². The van der Waals surface area contributed by atoms with Gasteiger partial charge in [0, 0.05) is 11.3 Å². The summed E-state index contributed by atoms with van der Waals surface area (Å²) in [7, 11) is 0. The number of hydrogen-bond donors (Lipinski definition) is 2. The van der Waals surface area contributed by atoms with Crippen molar-refractivity contribution in [3.63, 3.8) is 0 Å². The monoisotopic (exact) mass is 278 g/mol. The molecule has 0 saturated carbocycles. The summed E-state index contributed by atoms with van der Waals surface area (Å²) >= 11 is 1.56. The number of nitrogens with zero attached hydrogens (tertiary/aromatic N) is 1. The number of nitrogen functional groups attached to an aromatic ring is 1. The van der Waals surface area contributed by atoms with Crippen LogP contribution >= 0.6 is 11.3 Å². The van der Waals surface area contributed by atoms with Gasteiger partial charge in [-0.1, -0.05) is 6.07 Å². The van der Waals surface area contributed by atoms with Gasteiger partial charge in [-0.05, 0) is 19.1 Å². The summed E-state index contributed by atoms with van der Waals surface area (Å²) in [5.41, 5.74) is 8.93. The quantitative estimate of drug-likeness (QED) is 0.820. The fraction of sp³-hybridized carbons (Fsp3) is 0.231. The molecular weight excluding hydrogens is 264 g/mol. The van der Waals surface area contributed by atoms with Crippen LogP contribution in [0.1, 0.15) is 20.9 Å². The van der Waals surface area contributed by atoms with Crippen molar-refractivity contribution in [2.45, 2.75) is 13.3 Å². The van der Waals surface area contributed by atoms with E-state index in [0.717, 1.165) is 10.6 Å². The molecule has 0 bridgehead atoms. The summed E-state index contributed by atoms with van der Waals surface area (Å²) in [4.78, 5) is 16.4. The third-order valence-corrected chi connectivity index (χ3v) is 3.69. The number of carbonyl (C=O) groups is 1. The number of carboxylic acid groups (broad SMARTS) is 1. The van der Waals surface area contributed by atoms with Gasteiger partial charge in [-0.3, -0.25) is 0 Å². The largest absolute Gasteiger partial charge is 0.490 e. The number of carboxylic acids is 1. The summed E-state index contributed by atoms with van der Waals surface area (Å²) in [6.45, 7) is 2.31. The van der Waals surface area contributed by atoms with Crippen LogP contribution in [0.4, 0.5) is 5.69 Å². The lowest BCUT2D eigenvalue weighted by Gasteiger charge is -2.11. The first-order chi connectivity index (χ1) is 9.09. The number of aryl methyl sites for hydroxylation is 1. The topological polar surface area (TPSA) is 85.4 Å². The SMILES string of the molecule is Cc1ncsc1CCOc1c(N)cccc1C(=O)O. The molecule has 6 heteroatoms. The minimum absolute atomic E-state index is 0.0843. The maximum Gasteiger partial charge on any atom is 0.339 e. The number of benzene rings is 1. The second-order valence-corrected chi connectivity index (χ2v) is 4.93. The summed E-state index contributed by atoms with van der Waals surface area (Å²) in [5, 5.41) is 9.07. The summed E-state index contributed by atoms with van der Waals surface area (Å²) < 4.78 is 5.53. The van der Waals surface area contributed by atoms with Crippen molar-refractivity contribution in [2.75, 3.05) is 12.3 Å². The highest BCUT2D eigenvalue weighted by Gasteiger charge is 2.14. The maximum absolute atomic E-state index is 11.1. The first-order valence-corrected chi connectivity index (χ1v) is 6.61. The van der Waals surface area contributed by atoms with Gasteiger partial charge in [0.05, 0.1) is 23.5 Å². The number of aromatic carboxylic acids is 1. The molecule has 19 heavy (non-hydrogen) atoms. The Balaban J connectivity index is 2.07. The van der Waals surface area contributed by atoms with Crippen LogP contribution in [0.3, 0.4) is 0 Å². The average molecular weight is 278 g/mol. The fourth-order valence-electron chi connectivity index (χ4n) is 1.70. The highest BCUT2D eigenvalue weighted by Crippen LogP contribution is 2.26. The Bertz CT molecular complexity index is 595. The van der Waals surface area contributed by atoms with Crippen molar-refractivity contribution in [3.8, 4) is 5.75 Å². The number of para-hydroxylation sites is 1. The van der Waals surface area contributed by atoms with E-state index in [-0.39, 0.29) is 11.3 Å². The highest BCUT2D eigenvalue weighted by atomic mass is 32.1. The Hall–Kier alpha value is -2.08. The molecule has 0 amide bonds. The molecule has 0 unspecified atom stereocenters. The molecule has 0 saturated heterocycles. The lowest BCUT2D eigenvalue weighted by molar-refractivity contribution is 0.0692. The van der Waals surface area contributed by atoms with E-state index >= 15 is 0 Å². The number of anilines is 1. The van der Waals surface area contributed by atoms with Crippen LogP contribution in [0, 0.1) is 6.92 Å². The van der Waals surface area contributed by atoms with Crippen LogP contribution < -0.4 is 10.5 Å². The van der Waals surface area contributed by atoms with Crippen molar-refractivity contribution >= 4 is 23.0 Å². The molecule has 0 fully saturated rings. The average Bonchev–Trinajstić information content (AvgIpc) is 2.77. The summed E-state index contributed by atoms with van der Waals surface area (Å²) in [5.74, 6) is -0.812. The summed E-state index contributed by atoms with van der Waals surface area (Å²) in [6.07, 6.45) is 0.684. The molecule has 0 aliphatic carbocycles. The van der Waals surface area contributed by atoms with Gasteiger partial charge in [-0.25, -0.2) is 9.78 Å². The lowest BCUT2D eigenvalue weighted by Crippen LogP contribution is -2.08. The zero-order valence-corrected chi connectivity index (χ0v) is 11.2. The van der Waals surface area contributed by atoms with E-state index < -0.39 is 5.97 Å². The van der Waals surface area contributed by atoms with E-state index in [2.05, 4.69) is 4.98 Å². The molecule has 2 aromatic rings. The normalized spacial score (nSPS) is 10.4. The van der Waals surface area contributed by atoms with E-state index in [0.29, 0.717) is 18.7 Å². The standard InChI is InChI=1S/C13H14N2O3S/c1-8-11(19-7-15-8)5-6-18-12-9(13(16)17)3-2-4-10(12)14/h2-4,7H,5-6,14H2,1H3,(H,16,17). The maximum atomic E-state index is 11.1. The number of ether oxygens (including phenoxy) is 1. The van der Waals surface area contributed by atoms with Gasteiger partial charge in [0.15, 0.2) is 5.75 Å². The Kier molecular flexibility index (Phi) is 4.01. The van der Waals surface area contributed by atoms with E-state index in [4.69, 9.17) is 15.6 Å². The van der Waals surface area contributed by atoms with Gasteiger partial charge in [-0.15, -0.1) is 11.3 Å². The molecule has 0 atom stereocenters. The van der Waals surface area contributed by atoms with E-state index in [9.17, 15) is 4.79 Å². The van der Waals surface area contributed by atoms with Gasteiger partial charge >= 0.3 is 5.97 Å². The Labute approximate surface area is 114 Å². The molecule has 100 valence electrons. The molecule has 0 spiro atoms. The first kappa shape index (κ1) is 13.4. The van der Waals surface area contributed by atoms with Gasteiger partial charge in [0.2, 0.25) is 0 Å². The number of nitrogens with two attached hydrogens (primary N) is 1. The van der Waals surface area contributed by atoms with E-state index in [1.54, 1.807) is 29.0 Å². The molecule has 2 rings (SSSR count). The Morgan fingerprint density at radius 3 is 2.95 bits per heavy atom. The molecule has 1 aromatic heterocycles. The van der Waals surface area contributed by atoms with Crippen LogP contribution in [0.5, 0.6) is 5.75 Å².